The van der Waals surface area contributed by atoms with E-state index in [4.69, 9.17) is 4.74 Å². The molecule has 0 saturated carbocycles. The van der Waals surface area contributed by atoms with Crippen molar-refractivity contribution in [1.29, 1.82) is 0 Å². The second kappa shape index (κ2) is 3.97. The fraction of sp³-hybridized carbons (Fsp3) is 0.750. The van der Waals surface area contributed by atoms with E-state index in [9.17, 15) is 5.11 Å². The molecule has 1 aliphatic rings. The molecule has 0 radical (unpaired) electrons. The second-order valence-electron chi connectivity index (χ2n) is 5.02. The third-order valence-electron chi connectivity index (χ3n) is 2.61. The molecular formula is C12H21NO2. The lowest BCUT2D eigenvalue weighted by Gasteiger charge is -2.24. The van der Waals surface area contributed by atoms with Crippen LogP contribution >= 0.6 is 0 Å². The van der Waals surface area contributed by atoms with Crippen LogP contribution in [0.2, 0.25) is 0 Å². The lowest BCUT2D eigenvalue weighted by atomic mass is 9.92. The van der Waals surface area contributed by atoms with E-state index in [1.807, 2.05) is 20.8 Å². The van der Waals surface area contributed by atoms with Gasteiger partial charge >= 0.3 is 0 Å². The molecule has 1 N–H and O–H groups in total. The van der Waals surface area contributed by atoms with Gasteiger partial charge in [0.15, 0.2) is 0 Å². The Kier molecular flexibility index (Phi) is 3.24. The minimum atomic E-state index is -0.909. The molecule has 0 aromatic heterocycles. The topological polar surface area (TPSA) is 41.8 Å². The Labute approximate surface area is 91.9 Å². The third kappa shape index (κ3) is 2.81. The highest BCUT2D eigenvalue weighted by molar-refractivity contribution is 5.96. The smallest absolute Gasteiger partial charge is 0.214 e. The molecule has 3 nitrogen and oxygen atoms in total. The van der Waals surface area contributed by atoms with Gasteiger partial charge in [-0.25, -0.2) is 4.99 Å². The summed E-state index contributed by atoms with van der Waals surface area (Å²) in [5, 5.41) is 10.2. The number of nitrogens with zero attached hydrogens (tertiary/aromatic N) is 1. The van der Waals surface area contributed by atoms with Crippen LogP contribution in [0, 0.1) is 0 Å². The highest BCUT2D eigenvalue weighted by Crippen LogP contribution is 2.27. The summed E-state index contributed by atoms with van der Waals surface area (Å²) < 4.78 is 5.45. The fourth-order valence-electron chi connectivity index (χ4n) is 1.61. The van der Waals surface area contributed by atoms with E-state index in [1.165, 1.54) is 0 Å². The van der Waals surface area contributed by atoms with Gasteiger partial charge in [0.05, 0.1) is 11.1 Å². The minimum Gasteiger partial charge on any atom is -0.475 e. The Bertz CT molecular complexity index is 290. The second-order valence-corrected chi connectivity index (χ2v) is 5.02. The Morgan fingerprint density at radius 3 is 2.67 bits per heavy atom. The van der Waals surface area contributed by atoms with E-state index in [2.05, 4.69) is 11.6 Å². The molecular weight excluding hydrogens is 190 g/mol. The highest BCUT2D eigenvalue weighted by Gasteiger charge is 2.34. The van der Waals surface area contributed by atoms with E-state index in [1.54, 1.807) is 6.92 Å². The zero-order valence-electron chi connectivity index (χ0n) is 10.1. The molecule has 0 aliphatic carbocycles. The maximum atomic E-state index is 10.2. The summed E-state index contributed by atoms with van der Waals surface area (Å²) in [6, 6.07) is 0. The zero-order valence-corrected chi connectivity index (χ0v) is 10.1. The molecule has 1 heterocycles. The number of hydrogen-bond acceptors (Lipinski definition) is 3. The number of hydrogen-bond donors (Lipinski definition) is 1. The van der Waals surface area contributed by atoms with Crippen molar-refractivity contribution in [3.05, 3.63) is 12.2 Å². The molecule has 0 unspecified atom stereocenters. The van der Waals surface area contributed by atoms with Crippen molar-refractivity contribution < 1.29 is 9.84 Å². The largest absolute Gasteiger partial charge is 0.475 e. The normalized spacial score (nSPS) is 22.9. The molecule has 1 rings (SSSR count). The van der Waals surface area contributed by atoms with Crippen LogP contribution in [0.15, 0.2) is 17.1 Å². The molecule has 86 valence electrons. The number of aliphatic hydroxyl groups is 1. The molecule has 0 aromatic carbocycles. The summed E-state index contributed by atoms with van der Waals surface area (Å²) in [7, 11) is 0. The molecule has 0 bridgehead atoms. The Hall–Kier alpha value is -0.830. The van der Waals surface area contributed by atoms with Gasteiger partial charge in [-0.05, 0) is 27.2 Å². The lowest BCUT2D eigenvalue weighted by molar-refractivity contribution is 0.0915. The minimum absolute atomic E-state index is 0.194. The number of rotatable bonds is 4. The Morgan fingerprint density at radius 2 is 2.27 bits per heavy atom. The van der Waals surface area contributed by atoms with E-state index < -0.39 is 5.60 Å². The van der Waals surface area contributed by atoms with Crippen molar-refractivity contribution in [3.63, 3.8) is 0 Å². The van der Waals surface area contributed by atoms with Crippen molar-refractivity contribution in [3.8, 4) is 0 Å². The van der Waals surface area contributed by atoms with Gasteiger partial charge in [0.1, 0.15) is 6.61 Å². The maximum absolute atomic E-state index is 10.2. The van der Waals surface area contributed by atoms with E-state index in [0.29, 0.717) is 24.5 Å². The van der Waals surface area contributed by atoms with E-state index in [0.717, 1.165) is 6.42 Å². The molecule has 0 aromatic rings. The average molecular weight is 211 g/mol. The van der Waals surface area contributed by atoms with Crippen LogP contribution in [0.25, 0.3) is 0 Å². The zero-order chi connectivity index (χ0) is 11.7. The van der Waals surface area contributed by atoms with Gasteiger partial charge in [0.25, 0.3) is 0 Å². The van der Waals surface area contributed by atoms with Crippen molar-refractivity contribution >= 4 is 5.90 Å². The summed E-state index contributed by atoms with van der Waals surface area (Å²) in [5.74, 6) is 0.512. The summed E-state index contributed by atoms with van der Waals surface area (Å²) in [6.07, 6.45) is 1.58. The molecule has 0 fully saturated rings. The van der Waals surface area contributed by atoms with Crippen LogP contribution in [0.5, 0.6) is 0 Å². The van der Waals surface area contributed by atoms with E-state index in [-0.39, 0.29) is 5.54 Å². The average Bonchev–Trinajstić information content (AvgIpc) is 2.44. The molecule has 1 atom stereocenters. The Balaban J connectivity index is 2.78. The van der Waals surface area contributed by atoms with Gasteiger partial charge < -0.3 is 9.84 Å². The maximum Gasteiger partial charge on any atom is 0.214 e. The summed E-state index contributed by atoms with van der Waals surface area (Å²) in [6.45, 7) is 12.2. The predicted molar refractivity (Wildman–Crippen MR) is 62.1 cm³/mol. The first-order chi connectivity index (χ1) is 6.78. The Morgan fingerprint density at radius 1 is 1.67 bits per heavy atom. The van der Waals surface area contributed by atoms with Gasteiger partial charge in [-0.1, -0.05) is 19.9 Å². The van der Waals surface area contributed by atoms with Gasteiger partial charge in [0.2, 0.25) is 5.90 Å². The monoisotopic (exact) mass is 211 g/mol. The SMILES string of the molecule is C=C(C1=NC(C)(C)CO1)[C@@](C)(O)CCC. The lowest BCUT2D eigenvalue weighted by Crippen LogP contribution is -2.30. The molecule has 3 heteroatoms. The molecule has 15 heavy (non-hydrogen) atoms. The standard InChI is InChI=1S/C12H21NO2/c1-6-7-12(5,14)9(2)10-13-11(3,4)8-15-10/h14H,2,6-8H2,1,3-5H3/t12-/m0/s1. The molecule has 0 amide bonds. The number of aliphatic imine (C=N–C) groups is 1. The highest BCUT2D eigenvalue weighted by atomic mass is 16.5. The van der Waals surface area contributed by atoms with Crippen LogP contribution in [-0.2, 0) is 4.74 Å². The first-order valence-electron chi connectivity index (χ1n) is 5.43. The van der Waals surface area contributed by atoms with Crippen molar-refractivity contribution in [2.24, 2.45) is 4.99 Å². The van der Waals surface area contributed by atoms with Gasteiger partial charge in [-0.15, -0.1) is 0 Å². The fourth-order valence-corrected chi connectivity index (χ4v) is 1.61. The summed E-state index contributed by atoms with van der Waals surface area (Å²) in [4.78, 5) is 4.40. The first kappa shape index (κ1) is 12.2. The predicted octanol–water partition coefficient (Wildman–Crippen LogP) is 2.30. The van der Waals surface area contributed by atoms with Crippen LogP contribution < -0.4 is 0 Å². The van der Waals surface area contributed by atoms with Crippen LogP contribution in [0.3, 0.4) is 0 Å². The summed E-state index contributed by atoms with van der Waals surface area (Å²) >= 11 is 0. The molecule has 0 saturated heterocycles. The number of ether oxygens (including phenoxy) is 1. The van der Waals surface area contributed by atoms with Crippen molar-refractivity contribution in [2.45, 2.75) is 51.7 Å². The van der Waals surface area contributed by atoms with E-state index >= 15 is 0 Å². The molecule has 1 aliphatic heterocycles. The summed E-state index contributed by atoms with van der Waals surface area (Å²) in [5.41, 5.74) is -0.510. The van der Waals surface area contributed by atoms with Crippen molar-refractivity contribution in [1.82, 2.24) is 0 Å². The van der Waals surface area contributed by atoms with Crippen molar-refractivity contribution in [2.75, 3.05) is 6.61 Å². The van der Waals surface area contributed by atoms with Crippen LogP contribution in [0.1, 0.15) is 40.5 Å². The first-order valence-corrected chi connectivity index (χ1v) is 5.43. The van der Waals surface area contributed by atoms with Crippen LogP contribution in [0.4, 0.5) is 0 Å². The third-order valence-corrected chi connectivity index (χ3v) is 2.61. The van der Waals surface area contributed by atoms with Gasteiger partial charge in [-0.3, -0.25) is 0 Å². The van der Waals surface area contributed by atoms with Gasteiger partial charge in [0, 0.05) is 5.57 Å². The van der Waals surface area contributed by atoms with Crippen LogP contribution in [-0.4, -0.2) is 28.8 Å². The quantitative estimate of drug-likeness (QED) is 0.775. The van der Waals surface area contributed by atoms with Gasteiger partial charge in [-0.2, -0.15) is 0 Å². The molecule has 0 spiro atoms.